The lowest BCUT2D eigenvalue weighted by Crippen LogP contribution is -2.25. The molecule has 4 nitrogen and oxygen atoms in total. The van der Waals surface area contributed by atoms with Gasteiger partial charge in [-0.05, 0) is 37.0 Å². The lowest BCUT2D eigenvalue weighted by molar-refractivity contribution is 0.0952. The zero-order chi connectivity index (χ0) is 16.7. The third-order valence-corrected chi connectivity index (χ3v) is 3.59. The van der Waals surface area contributed by atoms with Gasteiger partial charge in [0.1, 0.15) is 5.82 Å². The van der Waals surface area contributed by atoms with Crippen LogP contribution in [-0.4, -0.2) is 17.4 Å². The minimum Gasteiger partial charge on any atom is -0.366 e. The number of benzene rings is 1. The molecule has 2 aromatic rings. The van der Waals surface area contributed by atoms with Crippen molar-refractivity contribution in [3.05, 3.63) is 59.3 Å². The predicted octanol–water partition coefficient (Wildman–Crippen LogP) is 3.78. The van der Waals surface area contributed by atoms with E-state index in [1.165, 1.54) is 11.1 Å². The molecule has 0 spiro atoms. The smallest absolute Gasteiger partial charge is 0.251 e. The number of anilines is 1. The monoisotopic (exact) mass is 311 g/mol. The standard InChI is InChI=1S/C19H25N3O/c1-14(2)7-9-21-19(23)17-8-10-20-18(12-17)22-13-16-6-4-5-15(3)11-16/h4-6,8,10-12,14H,7,9,13H2,1-3H3,(H,20,22)(H,21,23). The number of nitrogens with zero attached hydrogens (tertiary/aromatic N) is 1. The zero-order valence-electron chi connectivity index (χ0n) is 14.1. The number of carbonyl (C=O) groups excluding carboxylic acids is 1. The van der Waals surface area contributed by atoms with Gasteiger partial charge in [0, 0.05) is 24.8 Å². The first-order valence-electron chi connectivity index (χ1n) is 8.08. The van der Waals surface area contributed by atoms with E-state index in [1.54, 1.807) is 18.3 Å². The number of hydrogen-bond donors (Lipinski definition) is 2. The summed E-state index contributed by atoms with van der Waals surface area (Å²) in [6, 6.07) is 11.9. The lowest BCUT2D eigenvalue weighted by atomic mass is 10.1. The number of rotatable bonds is 7. The van der Waals surface area contributed by atoms with Crippen molar-refractivity contribution < 1.29 is 4.79 Å². The molecule has 1 aromatic carbocycles. The molecular formula is C19H25N3O. The maximum atomic E-state index is 12.1. The Hall–Kier alpha value is -2.36. The van der Waals surface area contributed by atoms with Crippen LogP contribution in [0.1, 0.15) is 41.8 Å². The van der Waals surface area contributed by atoms with Crippen molar-refractivity contribution in [2.75, 3.05) is 11.9 Å². The minimum absolute atomic E-state index is 0.0494. The van der Waals surface area contributed by atoms with Crippen molar-refractivity contribution in [3.8, 4) is 0 Å². The van der Waals surface area contributed by atoms with Gasteiger partial charge in [-0.3, -0.25) is 4.79 Å². The summed E-state index contributed by atoms with van der Waals surface area (Å²) < 4.78 is 0. The number of aromatic nitrogens is 1. The van der Waals surface area contributed by atoms with E-state index in [2.05, 4.69) is 54.6 Å². The molecule has 4 heteroatoms. The van der Waals surface area contributed by atoms with Crippen molar-refractivity contribution in [3.63, 3.8) is 0 Å². The maximum Gasteiger partial charge on any atom is 0.251 e. The Labute approximate surface area is 138 Å². The molecule has 0 unspecified atom stereocenters. The van der Waals surface area contributed by atoms with Crippen LogP contribution in [0.5, 0.6) is 0 Å². The normalized spacial score (nSPS) is 10.6. The summed E-state index contributed by atoms with van der Waals surface area (Å²) in [5.74, 6) is 1.24. The quantitative estimate of drug-likeness (QED) is 0.818. The van der Waals surface area contributed by atoms with Gasteiger partial charge in [0.2, 0.25) is 0 Å². The van der Waals surface area contributed by atoms with Gasteiger partial charge in [0.25, 0.3) is 5.91 Å². The second-order valence-electron chi connectivity index (χ2n) is 6.21. The molecule has 0 fully saturated rings. The highest BCUT2D eigenvalue weighted by Gasteiger charge is 2.07. The largest absolute Gasteiger partial charge is 0.366 e. The zero-order valence-corrected chi connectivity index (χ0v) is 14.1. The summed E-state index contributed by atoms with van der Waals surface area (Å²) >= 11 is 0. The van der Waals surface area contributed by atoms with Crippen molar-refractivity contribution in [2.45, 2.75) is 33.7 Å². The summed E-state index contributed by atoms with van der Waals surface area (Å²) in [4.78, 5) is 16.4. The fourth-order valence-electron chi connectivity index (χ4n) is 2.26. The molecule has 0 aliphatic rings. The SMILES string of the molecule is Cc1cccc(CNc2cc(C(=O)NCCC(C)C)ccn2)c1. The molecule has 1 heterocycles. The van der Waals surface area contributed by atoms with E-state index in [4.69, 9.17) is 0 Å². The molecule has 0 radical (unpaired) electrons. The Morgan fingerprint density at radius 3 is 2.78 bits per heavy atom. The van der Waals surface area contributed by atoms with Gasteiger partial charge < -0.3 is 10.6 Å². The lowest BCUT2D eigenvalue weighted by Gasteiger charge is -2.09. The molecule has 1 amide bonds. The van der Waals surface area contributed by atoms with Crippen molar-refractivity contribution in [1.29, 1.82) is 0 Å². The molecule has 122 valence electrons. The van der Waals surface area contributed by atoms with Crippen LogP contribution in [0.2, 0.25) is 0 Å². The van der Waals surface area contributed by atoms with Gasteiger partial charge in [-0.1, -0.05) is 43.7 Å². The Balaban J connectivity index is 1.92. The second-order valence-corrected chi connectivity index (χ2v) is 6.21. The Kier molecular flexibility index (Phi) is 6.15. The molecule has 0 saturated heterocycles. The number of amides is 1. The molecule has 0 saturated carbocycles. The van der Waals surface area contributed by atoms with Crippen LogP contribution in [0, 0.1) is 12.8 Å². The Morgan fingerprint density at radius 1 is 1.22 bits per heavy atom. The molecule has 0 bridgehead atoms. The first-order valence-corrected chi connectivity index (χ1v) is 8.08. The highest BCUT2D eigenvalue weighted by atomic mass is 16.1. The number of carbonyl (C=O) groups is 1. The van der Waals surface area contributed by atoms with Gasteiger partial charge >= 0.3 is 0 Å². The van der Waals surface area contributed by atoms with Crippen LogP contribution >= 0.6 is 0 Å². The molecule has 0 atom stereocenters. The summed E-state index contributed by atoms with van der Waals surface area (Å²) in [5, 5.41) is 6.21. The number of hydrogen-bond acceptors (Lipinski definition) is 3. The minimum atomic E-state index is -0.0494. The third kappa shape index (κ3) is 5.74. The average molecular weight is 311 g/mol. The van der Waals surface area contributed by atoms with Gasteiger partial charge in [0.15, 0.2) is 0 Å². The van der Waals surface area contributed by atoms with Crippen molar-refractivity contribution in [2.24, 2.45) is 5.92 Å². The Bertz CT molecular complexity index is 653. The first-order chi connectivity index (χ1) is 11.0. The van der Waals surface area contributed by atoms with Gasteiger partial charge in [-0.2, -0.15) is 0 Å². The molecule has 2 rings (SSSR count). The highest BCUT2D eigenvalue weighted by molar-refractivity contribution is 5.94. The van der Waals surface area contributed by atoms with E-state index in [9.17, 15) is 4.79 Å². The van der Waals surface area contributed by atoms with Gasteiger partial charge in [-0.25, -0.2) is 4.98 Å². The van der Waals surface area contributed by atoms with Crippen LogP contribution in [0.25, 0.3) is 0 Å². The van der Waals surface area contributed by atoms with E-state index in [1.807, 2.05) is 6.07 Å². The summed E-state index contributed by atoms with van der Waals surface area (Å²) in [6.45, 7) is 7.75. The van der Waals surface area contributed by atoms with E-state index >= 15 is 0 Å². The van der Waals surface area contributed by atoms with Crippen LogP contribution in [0.3, 0.4) is 0 Å². The fraction of sp³-hybridized carbons (Fsp3) is 0.368. The van der Waals surface area contributed by atoms with Crippen LogP contribution in [-0.2, 0) is 6.54 Å². The molecule has 1 aromatic heterocycles. The first kappa shape index (κ1) is 17.0. The molecular weight excluding hydrogens is 286 g/mol. The fourth-order valence-corrected chi connectivity index (χ4v) is 2.26. The topological polar surface area (TPSA) is 54.0 Å². The average Bonchev–Trinajstić information content (AvgIpc) is 2.53. The second kappa shape index (κ2) is 8.32. The van der Waals surface area contributed by atoms with Crippen LogP contribution in [0.15, 0.2) is 42.6 Å². The summed E-state index contributed by atoms with van der Waals surface area (Å²) in [7, 11) is 0. The third-order valence-electron chi connectivity index (χ3n) is 3.59. The number of nitrogens with one attached hydrogen (secondary N) is 2. The van der Waals surface area contributed by atoms with E-state index in [-0.39, 0.29) is 5.91 Å². The van der Waals surface area contributed by atoms with E-state index < -0.39 is 0 Å². The van der Waals surface area contributed by atoms with Gasteiger partial charge in [0.05, 0.1) is 0 Å². The van der Waals surface area contributed by atoms with Crippen molar-refractivity contribution >= 4 is 11.7 Å². The maximum absolute atomic E-state index is 12.1. The van der Waals surface area contributed by atoms with E-state index in [0.717, 1.165) is 6.42 Å². The molecule has 0 aliphatic heterocycles. The number of aryl methyl sites for hydroxylation is 1. The van der Waals surface area contributed by atoms with Gasteiger partial charge in [-0.15, -0.1) is 0 Å². The molecule has 0 aliphatic carbocycles. The van der Waals surface area contributed by atoms with Crippen LogP contribution in [0.4, 0.5) is 5.82 Å². The van der Waals surface area contributed by atoms with Crippen LogP contribution < -0.4 is 10.6 Å². The summed E-state index contributed by atoms with van der Waals surface area (Å²) in [5.41, 5.74) is 3.06. The number of pyridine rings is 1. The predicted molar refractivity (Wildman–Crippen MR) is 94.5 cm³/mol. The summed E-state index contributed by atoms with van der Waals surface area (Å²) in [6.07, 6.45) is 2.64. The molecule has 2 N–H and O–H groups in total. The molecule has 23 heavy (non-hydrogen) atoms. The Morgan fingerprint density at radius 2 is 2.04 bits per heavy atom. The highest BCUT2D eigenvalue weighted by Crippen LogP contribution is 2.10. The van der Waals surface area contributed by atoms with Crippen molar-refractivity contribution in [1.82, 2.24) is 10.3 Å². The van der Waals surface area contributed by atoms with E-state index in [0.29, 0.717) is 30.4 Å².